The Bertz CT molecular complexity index is 2610. The highest BCUT2D eigenvalue weighted by atomic mass is 32.1. The van der Waals surface area contributed by atoms with Crippen LogP contribution in [0.2, 0.25) is 0 Å². The Kier molecular flexibility index (Phi) is 6.03. The standard InChI is InChI=1S/C40H30O4S2/c1-19(2)17-43-35-31-29-25-13-21-9-5-7-11-23(21)15-27(25)33(41)37(29)46-40(31)36(44-18-20(3)4)32-30-26-14-22-10-6-8-12-24(22)16-28(26)34(42)38(30)45-39(32)35/h5-16,19-20H,17-18H2,1-4H3. The van der Waals surface area contributed by atoms with Gasteiger partial charge in [0.1, 0.15) is 11.5 Å². The molecule has 4 nitrogen and oxygen atoms in total. The first-order valence-corrected chi connectivity index (χ1v) is 17.4. The fourth-order valence-corrected chi connectivity index (χ4v) is 9.51. The second-order valence-corrected chi connectivity index (χ2v) is 15.3. The molecule has 0 aliphatic carbocycles. The van der Waals surface area contributed by atoms with Gasteiger partial charge in [-0.1, -0.05) is 76.2 Å². The van der Waals surface area contributed by atoms with Crippen LogP contribution < -0.4 is 20.3 Å². The molecular formula is C40H30O4S2. The highest BCUT2D eigenvalue weighted by Gasteiger charge is 2.30. The second kappa shape index (κ2) is 9.99. The van der Waals surface area contributed by atoms with Crippen LogP contribution in [0.4, 0.5) is 0 Å². The van der Waals surface area contributed by atoms with Gasteiger partial charge in [0.2, 0.25) is 10.9 Å². The lowest BCUT2D eigenvalue weighted by atomic mass is 10.0. The summed E-state index contributed by atoms with van der Waals surface area (Å²) in [5.41, 5.74) is 0.0873. The Morgan fingerprint density at radius 1 is 0.500 bits per heavy atom. The van der Waals surface area contributed by atoms with Gasteiger partial charge >= 0.3 is 0 Å². The lowest BCUT2D eigenvalue weighted by Crippen LogP contribution is -2.07. The molecule has 0 atom stereocenters. The van der Waals surface area contributed by atoms with E-state index in [0.717, 1.165) is 94.9 Å². The molecule has 0 bridgehead atoms. The molecule has 9 rings (SSSR count). The SMILES string of the molecule is CC(C)COc1c2sc3c(=O)c4cc5ccccc5cc4c3c2c(OCC(C)C)c2sc3c(=O)c4cc5ccccc5cc4c3c12. The molecule has 0 N–H and O–H groups in total. The molecule has 226 valence electrons. The van der Waals surface area contributed by atoms with Gasteiger partial charge in [0, 0.05) is 32.3 Å². The van der Waals surface area contributed by atoms with Gasteiger partial charge in [-0.2, -0.15) is 0 Å². The van der Waals surface area contributed by atoms with Crippen LogP contribution in [0, 0.1) is 11.8 Å². The molecule has 0 aliphatic rings. The number of thiophene rings is 2. The van der Waals surface area contributed by atoms with E-state index < -0.39 is 0 Å². The van der Waals surface area contributed by atoms with Gasteiger partial charge in [-0.3, -0.25) is 9.59 Å². The van der Waals surface area contributed by atoms with Crippen LogP contribution in [0.3, 0.4) is 0 Å². The first-order chi connectivity index (χ1) is 22.3. The molecule has 0 unspecified atom stereocenters. The molecule has 46 heavy (non-hydrogen) atoms. The minimum Gasteiger partial charge on any atom is -0.491 e. The Morgan fingerprint density at radius 3 is 1.20 bits per heavy atom. The fourth-order valence-electron chi connectivity index (χ4n) is 6.97. The Labute approximate surface area is 272 Å². The van der Waals surface area contributed by atoms with Crippen LogP contribution in [-0.4, -0.2) is 13.2 Å². The van der Waals surface area contributed by atoms with Crippen LogP contribution >= 0.6 is 22.7 Å². The average Bonchev–Trinajstić information content (AvgIpc) is 3.76. The summed E-state index contributed by atoms with van der Waals surface area (Å²) in [6.07, 6.45) is 0. The van der Waals surface area contributed by atoms with Gasteiger partial charge in [0.15, 0.2) is 0 Å². The van der Waals surface area contributed by atoms with Crippen molar-refractivity contribution in [1.82, 2.24) is 0 Å². The third kappa shape index (κ3) is 3.83. The van der Waals surface area contributed by atoms with Gasteiger partial charge in [-0.25, -0.2) is 0 Å². The van der Waals surface area contributed by atoms with Crippen LogP contribution in [0.5, 0.6) is 11.5 Å². The predicted octanol–water partition coefficient (Wildman–Crippen LogP) is 10.7. The first-order valence-electron chi connectivity index (χ1n) is 15.8. The molecule has 2 aromatic heterocycles. The monoisotopic (exact) mass is 638 g/mol. The maximum absolute atomic E-state index is 14.1. The maximum Gasteiger partial charge on any atom is 0.204 e. The quantitative estimate of drug-likeness (QED) is 0.182. The van der Waals surface area contributed by atoms with E-state index in [2.05, 4.69) is 64.1 Å². The molecule has 9 aromatic rings. The lowest BCUT2D eigenvalue weighted by Gasteiger charge is -2.16. The summed E-state index contributed by atoms with van der Waals surface area (Å²) in [6.45, 7) is 9.57. The summed E-state index contributed by atoms with van der Waals surface area (Å²) >= 11 is 3.00. The normalized spacial score (nSPS) is 12.7. The second-order valence-electron chi connectivity index (χ2n) is 13.2. The Balaban J connectivity index is 1.51. The van der Waals surface area contributed by atoms with Crippen LogP contribution in [0.1, 0.15) is 27.7 Å². The van der Waals surface area contributed by atoms with Crippen LogP contribution in [0.15, 0.2) is 82.4 Å². The minimum absolute atomic E-state index is 0.0437. The minimum atomic E-state index is 0.0437. The van der Waals surface area contributed by atoms with Crippen molar-refractivity contribution in [1.29, 1.82) is 0 Å². The molecule has 0 saturated heterocycles. The molecule has 0 saturated carbocycles. The highest BCUT2D eigenvalue weighted by molar-refractivity contribution is 7.28. The van der Waals surface area contributed by atoms with Gasteiger partial charge in [-0.15, -0.1) is 22.7 Å². The molecule has 0 spiro atoms. The van der Waals surface area contributed by atoms with E-state index in [-0.39, 0.29) is 22.7 Å². The van der Waals surface area contributed by atoms with E-state index in [1.54, 1.807) is 0 Å². The molecule has 0 amide bonds. The average molecular weight is 639 g/mol. The summed E-state index contributed by atoms with van der Waals surface area (Å²) in [5.74, 6) is 2.06. The predicted molar refractivity (Wildman–Crippen MR) is 198 cm³/mol. The smallest absolute Gasteiger partial charge is 0.204 e. The van der Waals surface area contributed by atoms with Crippen molar-refractivity contribution in [2.45, 2.75) is 27.7 Å². The Hall–Kier alpha value is -4.52. The summed E-state index contributed by atoms with van der Waals surface area (Å²) < 4.78 is 16.8. The van der Waals surface area contributed by atoms with Crippen molar-refractivity contribution in [2.24, 2.45) is 11.8 Å². The van der Waals surface area contributed by atoms with E-state index in [4.69, 9.17) is 9.47 Å². The van der Waals surface area contributed by atoms with Crippen molar-refractivity contribution in [3.8, 4) is 11.5 Å². The fraction of sp³-hybridized carbons (Fsp3) is 0.200. The summed E-state index contributed by atoms with van der Waals surface area (Å²) in [6, 6.07) is 24.7. The van der Waals surface area contributed by atoms with Crippen molar-refractivity contribution in [3.63, 3.8) is 0 Å². The van der Waals surface area contributed by atoms with Gasteiger partial charge in [-0.05, 0) is 68.4 Å². The molecule has 0 fully saturated rings. The molecule has 7 aromatic carbocycles. The van der Waals surface area contributed by atoms with Crippen LogP contribution in [0.25, 0.3) is 83.4 Å². The molecule has 6 heteroatoms. The number of hydrogen-bond donors (Lipinski definition) is 0. The largest absolute Gasteiger partial charge is 0.491 e. The van der Waals surface area contributed by atoms with Crippen molar-refractivity contribution in [2.75, 3.05) is 13.2 Å². The van der Waals surface area contributed by atoms with E-state index in [0.29, 0.717) is 13.2 Å². The zero-order valence-electron chi connectivity index (χ0n) is 25.9. The van der Waals surface area contributed by atoms with Crippen molar-refractivity contribution in [3.05, 3.63) is 93.2 Å². The number of benzene rings is 5. The molecule has 2 heterocycles. The van der Waals surface area contributed by atoms with Gasteiger partial charge in [0.05, 0.1) is 32.0 Å². The summed E-state index contributed by atoms with van der Waals surface area (Å²) in [7, 11) is 0. The number of fused-ring (bicyclic) bond motifs is 12. The van der Waals surface area contributed by atoms with E-state index in [1.807, 2.05) is 36.4 Å². The van der Waals surface area contributed by atoms with E-state index in [9.17, 15) is 9.59 Å². The molecule has 0 aliphatic heterocycles. The van der Waals surface area contributed by atoms with E-state index >= 15 is 0 Å². The third-order valence-electron chi connectivity index (χ3n) is 9.02. The highest BCUT2D eigenvalue weighted by Crippen LogP contribution is 2.56. The number of rotatable bonds is 6. The van der Waals surface area contributed by atoms with Crippen molar-refractivity contribution < 1.29 is 9.47 Å². The number of ether oxygens (including phenoxy) is 2. The van der Waals surface area contributed by atoms with Crippen molar-refractivity contribution >= 4 is 106 Å². The van der Waals surface area contributed by atoms with Gasteiger partial charge < -0.3 is 9.47 Å². The maximum atomic E-state index is 14.1. The first kappa shape index (κ1) is 27.8. The lowest BCUT2D eigenvalue weighted by molar-refractivity contribution is 0.273. The summed E-state index contributed by atoms with van der Waals surface area (Å²) in [4.78, 5) is 28.2. The molecular weight excluding hydrogens is 609 g/mol. The van der Waals surface area contributed by atoms with Crippen LogP contribution in [-0.2, 0) is 0 Å². The third-order valence-corrected chi connectivity index (χ3v) is 11.4. The summed E-state index contributed by atoms with van der Waals surface area (Å²) in [5, 5.41) is 11.3. The zero-order chi connectivity index (χ0) is 31.4. The topological polar surface area (TPSA) is 52.6 Å². The number of hydrogen-bond acceptors (Lipinski definition) is 6. The van der Waals surface area contributed by atoms with Gasteiger partial charge in [0.25, 0.3) is 0 Å². The van der Waals surface area contributed by atoms with E-state index in [1.165, 1.54) is 22.7 Å². The zero-order valence-corrected chi connectivity index (χ0v) is 27.6. The molecule has 0 radical (unpaired) electrons. The Morgan fingerprint density at radius 2 is 0.848 bits per heavy atom.